The van der Waals surface area contributed by atoms with Gasteiger partial charge in [-0.05, 0) is 164 Å². The van der Waals surface area contributed by atoms with Crippen LogP contribution in [0, 0.1) is 0 Å². The summed E-state index contributed by atoms with van der Waals surface area (Å²) in [6.07, 6.45) is 0. The summed E-state index contributed by atoms with van der Waals surface area (Å²) in [5, 5.41) is 9.07. The summed E-state index contributed by atoms with van der Waals surface area (Å²) in [5.41, 5.74) is 22.2. The summed E-state index contributed by atoms with van der Waals surface area (Å²) in [5.74, 6) is 0. The van der Waals surface area contributed by atoms with E-state index in [-0.39, 0.29) is 28.4 Å². The molecule has 0 saturated carbocycles. The fourth-order valence-electron chi connectivity index (χ4n) is 13.2. The summed E-state index contributed by atoms with van der Waals surface area (Å²) in [6.45, 7) is 28.2. The van der Waals surface area contributed by atoms with E-state index in [0.29, 0.717) is 0 Å². The van der Waals surface area contributed by atoms with Crippen molar-refractivity contribution >= 4 is 110 Å². The number of thiophene rings is 1. The van der Waals surface area contributed by atoms with Crippen molar-refractivity contribution in [2.45, 2.75) is 105 Å². The summed E-state index contributed by atoms with van der Waals surface area (Å²) >= 11 is 1.99. The van der Waals surface area contributed by atoms with Crippen LogP contribution in [0.25, 0.3) is 75.8 Å². The van der Waals surface area contributed by atoms with Crippen LogP contribution < -0.4 is 25.5 Å². The largest absolute Gasteiger partial charge is 0.311 e. The molecular weight excluding hydrogens is 984 g/mol. The lowest BCUT2D eigenvalue weighted by molar-refractivity contribution is 0.590. The van der Waals surface area contributed by atoms with E-state index in [1.54, 1.807) is 0 Å². The maximum Gasteiger partial charge on any atom is 0.264 e. The third kappa shape index (κ3) is 7.95. The predicted octanol–water partition coefficient (Wildman–Crippen LogP) is 20.1. The molecule has 0 bridgehead atoms. The van der Waals surface area contributed by atoms with Crippen molar-refractivity contribution < 1.29 is 0 Å². The van der Waals surface area contributed by atoms with Crippen LogP contribution in [0.4, 0.5) is 34.1 Å². The highest BCUT2D eigenvalue weighted by molar-refractivity contribution is 7.33. The minimum absolute atomic E-state index is 0.0495. The molecule has 12 aromatic rings. The van der Waals surface area contributed by atoms with Gasteiger partial charge in [-0.25, -0.2) is 0 Å². The number of hydrogen-bond acceptors (Lipinski definition) is 3. The summed E-state index contributed by atoms with van der Waals surface area (Å²) < 4.78 is 2.69. The third-order valence-electron chi connectivity index (χ3n) is 17.6. The Bertz CT molecular complexity index is 4440. The van der Waals surface area contributed by atoms with Gasteiger partial charge in [0.05, 0.1) is 17.1 Å². The van der Waals surface area contributed by atoms with E-state index in [0.717, 1.165) is 0 Å². The first-order valence-electron chi connectivity index (χ1n) is 28.8. The molecule has 2 nitrogen and oxygen atoms in total. The molecule has 0 radical (unpaired) electrons. The van der Waals surface area contributed by atoms with E-state index in [9.17, 15) is 0 Å². The number of nitrogens with zero attached hydrogens (tertiary/aromatic N) is 2. The van der Waals surface area contributed by atoms with Gasteiger partial charge in [-0.3, -0.25) is 0 Å². The molecule has 14 rings (SSSR count). The van der Waals surface area contributed by atoms with Crippen LogP contribution in [0.15, 0.2) is 200 Å². The van der Waals surface area contributed by atoms with E-state index in [1.807, 2.05) is 11.3 Å². The van der Waals surface area contributed by atoms with Gasteiger partial charge in [0.15, 0.2) is 0 Å². The Balaban J connectivity index is 1.15. The van der Waals surface area contributed by atoms with E-state index >= 15 is 0 Å². The molecule has 3 heterocycles. The number of hydrogen-bond donors (Lipinski definition) is 0. The molecule has 2 aliphatic heterocycles. The molecule has 0 saturated heterocycles. The molecular formula is C76H69BN2S. The van der Waals surface area contributed by atoms with Gasteiger partial charge in [0.25, 0.3) is 6.71 Å². The molecule has 0 amide bonds. The number of fused-ring (bicyclic) bond motifs is 6. The lowest BCUT2D eigenvalue weighted by atomic mass is 9.36. The van der Waals surface area contributed by atoms with Gasteiger partial charge in [0, 0.05) is 43.1 Å². The van der Waals surface area contributed by atoms with Crippen molar-refractivity contribution in [2.75, 3.05) is 9.80 Å². The first-order valence-corrected chi connectivity index (χ1v) is 29.6. The van der Waals surface area contributed by atoms with Crippen molar-refractivity contribution in [3.8, 4) is 33.4 Å². The predicted molar refractivity (Wildman–Crippen MR) is 351 cm³/mol. The molecule has 1 aromatic heterocycles. The lowest BCUT2D eigenvalue weighted by Gasteiger charge is -2.45. The molecule has 2 aliphatic rings. The Kier molecular flexibility index (Phi) is 11.2. The van der Waals surface area contributed by atoms with E-state index in [4.69, 9.17) is 0 Å². The highest BCUT2D eigenvalue weighted by Gasteiger charge is 2.47. The monoisotopic (exact) mass is 1050 g/mol. The van der Waals surface area contributed by atoms with Crippen molar-refractivity contribution in [1.29, 1.82) is 0 Å². The molecule has 11 aromatic carbocycles. The lowest BCUT2D eigenvalue weighted by Crippen LogP contribution is -2.60. The molecule has 80 heavy (non-hydrogen) atoms. The standard InChI is InChI=1S/C76H69BN2S/c1-73(2,3)52-30-36-62(58(42-52)47-22-17-14-18-23-47)79-66-41-51(46-20-15-13-16-21-46)40-65-70(66)77(72-71(79)60-44-54(75(7,8)9)33-39-67(60)80-72)61-45-55(76(10,11)12)32-38-64(61)78(65)63-37-31-53(74(4,5)6)43-59(63)56-34-28-50-27-26-48-24-19-25-49-29-35-57(56)69(50)68(48)49/h13-45H,1-12H3. The number of anilines is 6. The van der Waals surface area contributed by atoms with Gasteiger partial charge < -0.3 is 9.80 Å². The summed E-state index contributed by atoms with van der Waals surface area (Å²) in [7, 11) is 0. The van der Waals surface area contributed by atoms with Gasteiger partial charge in [-0.15, -0.1) is 11.3 Å². The van der Waals surface area contributed by atoms with Gasteiger partial charge in [-0.2, -0.15) is 0 Å². The zero-order valence-electron chi connectivity index (χ0n) is 48.4. The van der Waals surface area contributed by atoms with Crippen LogP contribution in [0.2, 0.25) is 0 Å². The van der Waals surface area contributed by atoms with Crippen LogP contribution in [0.1, 0.15) is 105 Å². The Morgan fingerprint density at radius 1 is 0.338 bits per heavy atom. The Hall–Kier alpha value is -7.92. The quantitative estimate of drug-likeness (QED) is 0.125. The van der Waals surface area contributed by atoms with E-state index in [1.165, 1.54) is 148 Å². The molecule has 392 valence electrons. The van der Waals surface area contributed by atoms with Crippen molar-refractivity contribution in [1.82, 2.24) is 0 Å². The first-order chi connectivity index (χ1) is 38.2. The molecule has 4 heteroatoms. The van der Waals surface area contributed by atoms with Gasteiger partial charge >= 0.3 is 0 Å². The van der Waals surface area contributed by atoms with Gasteiger partial charge in [-0.1, -0.05) is 229 Å². The Labute approximate surface area is 477 Å². The fraction of sp³-hybridized carbons (Fsp3) is 0.211. The summed E-state index contributed by atoms with van der Waals surface area (Å²) in [6, 6.07) is 77.6. The zero-order valence-corrected chi connectivity index (χ0v) is 49.2. The van der Waals surface area contributed by atoms with Crippen molar-refractivity contribution in [3.05, 3.63) is 222 Å². The molecule has 0 atom stereocenters. The Morgan fingerprint density at radius 2 is 0.838 bits per heavy atom. The molecule has 0 aliphatic carbocycles. The highest BCUT2D eigenvalue weighted by atomic mass is 32.1. The SMILES string of the molecule is CC(C)(C)c1ccc2c(c1)B1c3sc4ccc(C(C)(C)C)cc4c3N(c3ccc(C(C)(C)C)cc3-c3ccccc3)c3cc(-c4ccccc4)cc(c31)N2c1ccc(C(C)(C)C)cc1-c1ccc2ccc3cccc4ccc1c2c34. The van der Waals surface area contributed by atoms with E-state index < -0.39 is 0 Å². The number of rotatable bonds is 5. The van der Waals surface area contributed by atoms with Gasteiger partial charge in [0.1, 0.15) is 0 Å². The van der Waals surface area contributed by atoms with Crippen molar-refractivity contribution in [2.24, 2.45) is 0 Å². The molecule has 0 spiro atoms. The molecule has 0 unspecified atom stereocenters. The van der Waals surface area contributed by atoms with Gasteiger partial charge in [0.2, 0.25) is 0 Å². The van der Waals surface area contributed by atoms with Crippen LogP contribution >= 0.6 is 11.3 Å². The first kappa shape index (κ1) is 50.3. The highest BCUT2D eigenvalue weighted by Crippen LogP contribution is 2.54. The van der Waals surface area contributed by atoms with Crippen LogP contribution in [-0.4, -0.2) is 6.71 Å². The van der Waals surface area contributed by atoms with Crippen LogP contribution in [-0.2, 0) is 21.7 Å². The third-order valence-corrected chi connectivity index (χ3v) is 18.8. The van der Waals surface area contributed by atoms with Crippen molar-refractivity contribution in [3.63, 3.8) is 0 Å². The minimum Gasteiger partial charge on any atom is -0.311 e. The normalized spacial score (nSPS) is 13.7. The minimum atomic E-state index is -0.0973. The maximum absolute atomic E-state index is 2.71. The fourth-order valence-corrected chi connectivity index (χ4v) is 14.5. The molecule has 0 fully saturated rings. The van der Waals surface area contributed by atoms with Crippen LogP contribution in [0.5, 0.6) is 0 Å². The Morgan fingerprint density at radius 3 is 1.46 bits per heavy atom. The molecule has 0 N–H and O–H groups in total. The topological polar surface area (TPSA) is 6.48 Å². The second-order valence-electron chi connectivity index (χ2n) is 27.0. The second kappa shape index (κ2) is 17.8. The number of benzene rings is 11. The maximum atomic E-state index is 2.71. The summed E-state index contributed by atoms with van der Waals surface area (Å²) in [4.78, 5) is 5.39. The average molecular weight is 1050 g/mol. The van der Waals surface area contributed by atoms with Crippen LogP contribution in [0.3, 0.4) is 0 Å². The van der Waals surface area contributed by atoms with E-state index in [2.05, 4.69) is 293 Å². The smallest absolute Gasteiger partial charge is 0.264 e. The zero-order chi connectivity index (χ0) is 55.4. The average Bonchev–Trinajstić information content (AvgIpc) is 3.86. The second-order valence-corrected chi connectivity index (χ2v) is 28.1.